The molecule has 1 amide bonds. The zero-order valence-electron chi connectivity index (χ0n) is 17.2. The Hall–Kier alpha value is -3.37. The van der Waals surface area contributed by atoms with Crippen LogP contribution in [0.1, 0.15) is 28.7 Å². The third-order valence-corrected chi connectivity index (χ3v) is 5.82. The molecule has 0 unspecified atom stereocenters. The van der Waals surface area contributed by atoms with Gasteiger partial charge in [-0.3, -0.25) is 10.1 Å². The van der Waals surface area contributed by atoms with E-state index in [9.17, 15) is 4.79 Å². The summed E-state index contributed by atoms with van der Waals surface area (Å²) in [6, 6.07) is 12.7. The van der Waals surface area contributed by atoms with Gasteiger partial charge in [-0.15, -0.1) is 10.2 Å². The standard InChI is InChI=1S/C21H20N6O2S2/c1-4-17-24-25-21-27(17)26-19(31-21)14-7-10-16(12(2)11-14)22-20(30)23-18(28)13-5-8-15(29-3)9-6-13/h5-11H,4H2,1-3H3,(H2,22,23,28,30). The van der Waals surface area contributed by atoms with Crippen molar-refractivity contribution < 1.29 is 9.53 Å². The minimum Gasteiger partial charge on any atom is -0.497 e. The number of nitrogens with one attached hydrogen (secondary N) is 2. The predicted molar refractivity (Wildman–Crippen MR) is 125 cm³/mol. The molecule has 0 atom stereocenters. The summed E-state index contributed by atoms with van der Waals surface area (Å²) in [7, 11) is 1.58. The molecule has 0 aliphatic carbocycles. The zero-order valence-corrected chi connectivity index (χ0v) is 18.8. The molecule has 8 nitrogen and oxygen atoms in total. The Labute approximate surface area is 188 Å². The van der Waals surface area contributed by atoms with Gasteiger partial charge in [-0.25, -0.2) is 0 Å². The van der Waals surface area contributed by atoms with Gasteiger partial charge < -0.3 is 10.1 Å². The fourth-order valence-electron chi connectivity index (χ4n) is 3.00. The van der Waals surface area contributed by atoms with Crippen LogP contribution in [-0.4, -0.2) is 37.9 Å². The van der Waals surface area contributed by atoms with E-state index in [1.807, 2.05) is 32.0 Å². The fourth-order valence-corrected chi connectivity index (χ4v) is 4.06. The molecule has 2 aromatic carbocycles. The Kier molecular flexibility index (Phi) is 5.92. The molecule has 0 fully saturated rings. The largest absolute Gasteiger partial charge is 0.497 e. The molecule has 2 aromatic heterocycles. The summed E-state index contributed by atoms with van der Waals surface area (Å²) in [6.07, 6.45) is 0.770. The van der Waals surface area contributed by atoms with Crippen molar-refractivity contribution in [2.75, 3.05) is 12.4 Å². The van der Waals surface area contributed by atoms with E-state index in [1.54, 1.807) is 35.9 Å². The smallest absolute Gasteiger partial charge is 0.257 e. The lowest BCUT2D eigenvalue weighted by Gasteiger charge is -2.12. The summed E-state index contributed by atoms with van der Waals surface area (Å²) in [6.45, 7) is 3.99. The molecule has 0 saturated carbocycles. The van der Waals surface area contributed by atoms with Crippen molar-refractivity contribution in [1.29, 1.82) is 0 Å². The van der Waals surface area contributed by atoms with Crippen LogP contribution in [0.3, 0.4) is 0 Å². The molecule has 0 aliphatic heterocycles. The number of aryl methyl sites for hydroxylation is 2. The Balaban J connectivity index is 1.45. The number of benzene rings is 2. The molecule has 0 spiro atoms. The first-order chi connectivity index (χ1) is 15.0. The highest BCUT2D eigenvalue weighted by Crippen LogP contribution is 2.28. The van der Waals surface area contributed by atoms with Crippen molar-refractivity contribution in [2.45, 2.75) is 20.3 Å². The normalized spacial score (nSPS) is 10.8. The maximum atomic E-state index is 12.4. The highest BCUT2D eigenvalue weighted by molar-refractivity contribution is 7.80. The van der Waals surface area contributed by atoms with E-state index in [0.717, 1.165) is 39.0 Å². The third-order valence-electron chi connectivity index (χ3n) is 4.67. The van der Waals surface area contributed by atoms with Crippen LogP contribution >= 0.6 is 23.6 Å². The summed E-state index contributed by atoms with van der Waals surface area (Å²) in [5.41, 5.74) is 3.25. The van der Waals surface area contributed by atoms with Gasteiger partial charge in [0.05, 0.1) is 7.11 Å². The molecule has 4 aromatic rings. The van der Waals surface area contributed by atoms with E-state index in [0.29, 0.717) is 11.3 Å². The summed E-state index contributed by atoms with van der Waals surface area (Å²) in [4.78, 5) is 13.2. The first kappa shape index (κ1) is 20.9. The van der Waals surface area contributed by atoms with E-state index in [4.69, 9.17) is 17.0 Å². The van der Waals surface area contributed by atoms with E-state index < -0.39 is 0 Å². The van der Waals surface area contributed by atoms with Crippen LogP contribution in [0.15, 0.2) is 42.5 Å². The lowest BCUT2D eigenvalue weighted by molar-refractivity contribution is 0.0977. The Morgan fingerprint density at radius 3 is 2.65 bits per heavy atom. The van der Waals surface area contributed by atoms with Crippen LogP contribution in [0.5, 0.6) is 5.75 Å². The van der Waals surface area contributed by atoms with Gasteiger partial charge in [0.1, 0.15) is 10.8 Å². The maximum Gasteiger partial charge on any atom is 0.257 e. The van der Waals surface area contributed by atoms with Crippen LogP contribution in [0.4, 0.5) is 5.69 Å². The number of anilines is 1. The average Bonchev–Trinajstić information content (AvgIpc) is 3.36. The third kappa shape index (κ3) is 4.39. The number of methoxy groups -OCH3 is 1. The number of carbonyl (C=O) groups is 1. The minimum absolute atomic E-state index is 0.225. The van der Waals surface area contributed by atoms with Crippen molar-refractivity contribution >= 4 is 45.2 Å². The topological polar surface area (TPSA) is 93.4 Å². The van der Waals surface area contributed by atoms with E-state index in [1.165, 1.54) is 11.3 Å². The van der Waals surface area contributed by atoms with Gasteiger partial charge >= 0.3 is 0 Å². The van der Waals surface area contributed by atoms with E-state index in [2.05, 4.69) is 25.9 Å². The molecule has 0 aliphatic rings. The van der Waals surface area contributed by atoms with Gasteiger partial charge in [0.25, 0.3) is 5.91 Å². The summed E-state index contributed by atoms with van der Waals surface area (Å²) in [5.74, 6) is 1.23. The molecule has 0 saturated heterocycles. The van der Waals surface area contributed by atoms with Gasteiger partial charge in [0, 0.05) is 23.2 Å². The second-order valence-corrected chi connectivity index (χ2v) is 8.10. The van der Waals surface area contributed by atoms with Gasteiger partial charge in [0.15, 0.2) is 10.9 Å². The molecule has 0 bridgehead atoms. The number of fused-ring (bicyclic) bond motifs is 1. The number of ether oxygens (including phenoxy) is 1. The molecule has 10 heteroatoms. The van der Waals surface area contributed by atoms with Crippen LogP contribution in [0, 0.1) is 6.92 Å². The number of nitrogens with zero attached hydrogens (tertiary/aromatic N) is 4. The van der Waals surface area contributed by atoms with Crippen molar-refractivity contribution in [3.05, 3.63) is 59.4 Å². The second kappa shape index (κ2) is 8.78. The zero-order chi connectivity index (χ0) is 22.0. The van der Waals surface area contributed by atoms with E-state index in [-0.39, 0.29) is 11.0 Å². The molecule has 4 rings (SSSR count). The Bertz CT molecular complexity index is 1260. The number of amides is 1. The van der Waals surface area contributed by atoms with Crippen molar-refractivity contribution in [3.63, 3.8) is 0 Å². The fraction of sp³-hybridized carbons (Fsp3) is 0.190. The summed E-state index contributed by atoms with van der Waals surface area (Å²) >= 11 is 6.80. The second-order valence-electron chi connectivity index (χ2n) is 6.74. The molecule has 0 radical (unpaired) electrons. The molecule has 2 N–H and O–H groups in total. The summed E-state index contributed by atoms with van der Waals surface area (Å²) < 4.78 is 6.89. The minimum atomic E-state index is -0.291. The summed E-state index contributed by atoms with van der Waals surface area (Å²) in [5, 5.41) is 19.8. The van der Waals surface area contributed by atoms with E-state index >= 15 is 0 Å². The van der Waals surface area contributed by atoms with Crippen LogP contribution in [-0.2, 0) is 6.42 Å². The van der Waals surface area contributed by atoms with Crippen molar-refractivity contribution in [3.8, 4) is 16.3 Å². The average molecular weight is 453 g/mol. The number of hydrogen-bond acceptors (Lipinski definition) is 7. The lowest BCUT2D eigenvalue weighted by Crippen LogP contribution is -2.34. The molecular weight excluding hydrogens is 432 g/mol. The predicted octanol–water partition coefficient (Wildman–Crippen LogP) is 3.86. The first-order valence-corrected chi connectivity index (χ1v) is 10.8. The molecular formula is C21H20N6O2S2. The highest BCUT2D eigenvalue weighted by Gasteiger charge is 2.13. The molecule has 2 heterocycles. The SMILES string of the molecule is CCc1nnc2sc(-c3ccc(NC(=S)NC(=O)c4ccc(OC)cc4)c(C)c3)nn12. The van der Waals surface area contributed by atoms with Gasteiger partial charge in [-0.1, -0.05) is 18.3 Å². The van der Waals surface area contributed by atoms with Gasteiger partial charge in [0.2, 0.25) is 4.96 Å². The molecule has 31 heavy (non-hydrogen) atoms. The van der Waals surface area contributed by atoms with Crippen LogP contribution < -0.4 is 15.4 Å². The number of rotatable bonds is 5. The maximum absolute atomic E-state index is 12.4. The number of thiocarbonyl (C=S) groups is 1. The van der Waals surface area contributed by atoms with Crippen LogP contribution in [0.25, 0.3) is 15.5 Å². The number of hydrogen-bond donors (Lipinski definition) is 2. The van der Waals surface area contributed by atoms with Crippen molar-refractivity contribution in [2.24, 2.45) is 0 Å². The Morgan fingerprint density at radius 1 is 1.19 bits per heavy atom. The Morgan fingerprint density at radius 2 is 1.97 bits per heavy atom. The lowest BCUT2D eigenvalue weighted by atomic mass is 10.1. The van der Waals surface area contributed by atoms with Gasteiger partial charge in [-0.05, 0) is 67.2 Å². The van der Waals surface area contributed by atoms with Crippen LogP contribution in [0.2, 0.25) is 0 Å². The monoisotopic (exact) mass is 452 g/mol. The number of carbonyl (C=O) groups excluding carboxylic acids is 1. The highest BCUT2D eigenvalue weighted by atomic mass is 32.1. The first-order valence-electron chi connectivity index (χ1n) is 9.57. The quantitative estimate of drug-likeness (QED) is 0.444. The number of aromatic nitrogens is 4. The van der Waals surface area contributed by atoms with Crippen molar-refractivity contribution in [1.82, 2.24) is 25.1 Å². The molecule has 158 valence electrons. The van der Waals surface area contributed by atoms with Gasteiger partial charge in [-0.2, -0.15) is 9.61 Å².